The van der Waals surface area contributed by atoms with Gasteiger partial charge in [0.15, 0.2) is 0 Å². The Morgan fingerprint density at radius 3 is 2.60 bits per heavy atom. The SMILES string of the molecule is CNC1=CCC(C=CC2=CCC(CC(C#N)C#N)=C(C)O2)(NC)C=C1. The number of allylic oxidation sites excluding steroid dienone is 5. The van der Waals surface area contributed by atoms with Gasteiger partial charge in [-0.3, -0.25) is 0 Å². The summed E-state index contributed by atoms with van der Waals surface area (Å²) in [6.45, 7) is 1.89. The zero-order valence-corrected chi connectivity index (χ0v) is 15.0. The molecule has 25 heavy (non-hydrogen) atoms. The first-order valence-electron chi connectivity index (χ1n) is 8.37. The quantitative estimate of drug-likeness (QED) is 0.778. The van der Waals surface area contributed by atoms with E-state index in [-0.39, 0.29) is 5.54 Å². The van der Waals surface area contributed by atoms with Gasteiger partial charge in [-0.25, -0.2) is 0 Å². The van der Waals surface area contributed by atoms with Crippen LogP contribution in [0.5, 0.6) is 0 Å². The minimum Gasteiger partial charge on any atom is -0.462 e. The summed E-state index contributed by atoms with van der Waals surface area (Å²) < 4.78 is 5.87. The van der Waals surface area contributed by atoms with E-state index in [2.05, 4.69) is 34.9 Å². The van der Waals surface area contributed by atoms with Gasteiger partial charge in [-0.15, -0.1) is 0 Å². The first-order valence-corrected chi connectivity index (χ1v) is 8.37. The molecule has 0 bridgehead atoms. The Bertz CT molecular complexity index is 729. The topological polar surface area (TPSA) is 80.9 Å². The molecule has 0 saturated carbocycles. The van der Waals surface area contributed by atoms with Gasteiger partial charge in [0.25, 0.3) is 0 Å². The van der Waals surface area contributed by atoms with Crippen molar-refractivity contribution < 1.29 is 4.74 Å². The maximum atomic E-state index is 8.93. The molecule has 2 N–H and O–H groups in total. The van der Waals surface area contributed by atoms with Crippen molar-refractivity contribution in [2.24, 2.45) is 5.92 Å². The molecular weight excluding hydrogens is 312 g/mol. The van der Waals surface area contributed by atoms with Crippen LogP contribution in [0.25, 0.3) is 0 Å². The fourth-order valence-electron chi connectivity index (χ4n) is 2.82. The zero-order valence-electron chi connectivity index (χ0n) is 15.0. The van der Waals surface area contributed by atoms with Crippen molar-refractivity contribution in [2.75, 3.05) is 14.1 Å². The van der Waals surface area contributed by atoms with Crippen molar-refractivity contribution in [3.63, 3.8) is 0 Å². The Hall–Kier alpha value is -2.76. The van der Waals surface area contributed by atoms with Crippen molar-refractivity contribution >= 4 is 0 Å². The number of hydrogen-bond donors (Lipinski definition) is 2. The second-order valence-corrected chi connectivity index (χ2v) is 6.16. The standard InChI is InChI=1S/C20H24N4O/c1-15-17(12-16(13-21)14-22)4-5-19(25-15)8-11-20(24-3)9-6-18(23-2)7-10-20/h5-9,11,16,23-24H,4,10,12H2,1-3H3. The van der Waals surface area contributed by atoms with Crippen LogP contribution >= 0.6 is 0 Å². The zero-order chi connectivity index (χ0) is 18.3. The average Bonchev–Trinajstić information content (AvgIpc) is 2.66. The summed E-state index contributed by atoms with van der Waals surface area (Å²) in [4.78, 5) is 0. The van der Waals surface area contributed by atoms with Crippen molar-refractivity contribution in [2.45, 2.75) is 31.7 Å². The molecule has 5 nitrogen and oxygen atoms in total. The van der Waals surface area contributed by atoms with Gasteiger partial charge in [-0.2, -0.15) is 10.5 Å². The molecule has 0 saturated heterocycles. The Morgan fingerprint density at radius 1 is 1.32 bits per heavy atom. The highest BCUT2D eigenvalue weighted by atomic mass is 16.5. The maximum absolute atomic E-state index is 8.93. The van der Waals surface area contributed by atoms with E-state index in [0.717, 1.165) is 29.2 Å². The Morgan fingerprint density at radius 2 is 2.08 bits per heavy atom. The van der Waals surface area contributed by atoms with Crippen LogP contribution in [0.2, 0.25) is 0 Å². The second kappa shape index (κ2) is 8.37. The van der Waals surface area contributed by atoms with Gasteiger partial charge in [0.1, 0.15) is 17.4 Å². The van der Waals surface area contributed by atoms with Crippen molar-refractivity contribution in [3.05, 3.63) is 59.2 Å². The van der Waals surface area contributed by atoms with Gasteiger partial charge in [-0.05, 0) is 50.6 Å². The van der Waals surface area contributed by atoms with Gasteiger partial charge in [0, 0.05) is 19.2 Å². The van der Waals surface area contributed by atoms with Crippen LogP contribution in [0.3, 0.4) is 0 Å². The summed E-state index contributed by atoms with van der Waals surface area (Å²) in [5.74, 6) is 0.956. The van der Waals surface area contributed by atoms with Gasteiger partial charge in [0.2, 0.25) is 0 Å². The number of nitriles is 2. The van der Waals surface area contributed by atoms with Crippen LogP contribution in [0.15, 0.2) is 59.2 Å². The van der Waals surface area contributed by atoms with Gasteiger partial charge >= 0.3 is 0 Å². The number of ether oxygens (including phenoxy) is 1. The third-order valence-electron chi connectivity index (χ3n) is 4.60. The van der Waals surface area contributed by atoms with Gasteiger partial charge in [-0.1, -0.05) is 18.2 Å². The van der Waals surface area contributed by atoms with Gasteiger partial charge in [0.05, 0.1) is 17.7 Å². The number of rotatable bonds is 6. The number of nitrogens with one attached hydrogen (secondary N) is 2. The predicted octanol–water partition coefficient (Wildman–Crippen LogP) is 3.20. The van der Waals surface area contributed by atoms with E-state index in [1.807, 2.05) is 45.3 Å². The largest absolute Gasteiger partial charge is 0.462 e. The molecule has 1 unspecified atom stereocenters. The number of likely N-dealkylation sites (N-methyl/N-ethyl adjacent to an activating group) is 2. The minimum atomic E-state index is -0.618. The van der Waals surface area contributed by atoms with Crippen LogP contribution in [-0.4, -0.2) is 19.6 Å². The number of nitrogens with zero attached hydrogens (tertiary/aromatic N) is 2. The van der Waals surface area contributed by atoms with E-state index in [1.165, 1.54) is 0 Å². The lowest BCUT2D eigenvalue weighted by molar-refractivity contribution is 0.303. The van der Waals surface area contributed by atoms with Crippen molar-refractivity contribution in [1.82, 2.24) is 10.6 Å². The Kier molecular flexibility index (Phi) is 6.22. The molecule has 0 radical (unpaired) electrons. The van der Waals surface area contributed by atoms with Crippen molar-refractivity contribution in [3.8, 4) is 12.1 Å². The minimum absolute atomic E-state index is 0.227. The fourth-order valence-corrected chi connectivity index (χ4v) is 2.82. The van der Waals surface area contributed by atoms with E-state index >= 15 is 0 Å². The lowest BCUT2D eigenvalue weighted by Crippen LogP contribution is -2.40. The third-order valence-corrected chi connectivity index (χ3v) is 4.60. The lowest BCUT2D eigenvalue weighted by atomic mass is 9.89. The molecule has 0 fully saturated rings. The Balaban J connectivity index is 2.03. The summed E-state index contributed by atoms with van der Waals surface area (Å²) in [5.41, 5.74) is 1.89. The molecule has 1 aliphatic carbocycles. The highest BCUT2D eigenvalue weighted by molar-refractivity contribution is 5.35. The van der Waals surface area contributed by atoms with E-state index in [4.69, 9.17) is 15.3 Å². The molecule has 0 aromatic carbocycles. The molecule has 2 rings (SSSR count). The molecule has 0 amide bonds. The molecular formula is C20H24N4O. The molecule has 2 aliphatic rings. The molecule has 0 spiro atoms. The Labute approximate surface area is 149 Å². The van der Waals surface area contributed by atoms with Crippen LogP contribution in [0.1, 0.15) is 26.2 Å². The van der Waals surface area contributed by atoms with Crippen LogP contribution in [0.4, 0.5) is 0 Å². The van der Waals surface area contributed by atoms with E-state index in [1.54, 1.807) is 0 Å². The molecule has 0 aromatic rings. The smallest absolute Gasteiger partial charge is 0.137 e. The van der Waals surface area contributed by atoms with Crippen molar-refractivity contribution in [1.29, 1.82) is 10.5 Å². The monoisotopic (exact) mass is 336 g/mol. The van der Waals surface area contributed by atoms with Crippen LogP contribution in [0, 0.1) is 28.6 Å². The average molecular weight is 336 g/mol. The van der Waals surface area contributed by atoms with Crippen LogP contribution < -0.4 is 10.6 Å². The molecule has 130 valence electrons. The highest BCUT2D eigenvalue weighted by Gasteiger charge is 2.23. The number of hydrogen-bond acceptors (Lipinski definition) is 5. The first-order chi connectivity index (χ1) is 12.1. The maximum Gasteiger partial charge on any atom is 0.137 e. The second-order valence-electron chi connectivity index (χ2n) is 6.16. The summed E-state index contributed by atoms with van der Waals surface area (Å²) in [5, 5.41) is 24.4. The van der Waals surface area contributed by atoms with E-state index < -0.39 is 5.92 Å². The predicted molar refractivity (Wildman–Crippen MR) is 97.6 cm³/mol. The lowest BCUT2D eigenvalue weighted by Gasteiger charge is -2.29. The van der Waals surface area contributed by atoms with E-state index in [0.29, 0.717) is 12.8 Å². The third kappa shape index (κ3) is 4.62. The summed E-state index contributed by atoms with van der Waals surface area (Å²) in [7, 11) is 3.85. The molecule has 0 aromatic heterocycles. The van der Waals surface area contributed by atoms with E-state index in [9.17, 15) is 0 Å². The molecule has 1 aliphatic heterocycles. The summed E-state index contributed by atoms with van der Waals surface area (Å²) >= 11 is 0. The molecule has 5 heteroatoms. The summed E-state index contributed by atoms with van der Waals surface area (Å²) in [6.07, 6.45) is 14.4. The highest BCUT2D eigenvalue weighted by Crippen LogP contribution is 2.28. The van der Waals surface area contributed by atoms with Gasteiger partial charge < -0.3 is 15.4 Å². The first kappa shape index (κ1) is 18.6. The van der Waals surface area contributed by atoms with Crippen LogP contribution in [-0.2, 0) is 4.74 Å². The normalized spacial score (nSPS) is 23.0. The molecule has 1 atom stereocenters. The summed E-state index contributed by atoms with van der Waals surface area (Å²) in [6, 6.07) is 4.02. The fraction of sp³-hybridized carbons (Fsp3) is 0.400. The molecule has 1 heterocycles.